The summed E-state index contributed by atoms with van der Waals surface area (Å²) in [7, 11) is 0. The first-order valence-corrected chi connectivity index (χ1v) is 7.09. The molecule has 1 aromatic carbocycles. The molecular formula is C15H16ClNO3. The van der Waals surface area contributed by atoms with Gasteiger partial charge in [0.1, 0.15) is 5.58 Å². The van der Waals surface area contributed by atoms with E-state index in [4.69, 9.17) is 16.0 Å². The number of benzene rings is 1. The van der Waals surface area contributed by atoms with E-state index in [1.54, 1.807) is 29.2 Å². The molecule has 0 radical (unpaired) electrons. The van der Waals surface area contributed by atoms with Crippen LogP contribution in [-0.4, -0.2) is 35.1 Å². The molecule has 0 saturated carbocycles. The van der Waals surface area contributed by atoms with Gasteiger partial charge in [-0.1, -0.05) is 18.5 Å². The quantitative estimate of drug-likeness (QED) is 0.879. The predicted molar refractivity (Wildman–Crippen MR) is 76.9 cm³/mol. The number of piperidine rings is 1. The number of carbonyl (C=O) groups excluding carboxylic acids is 1. The van der Waals surface area contributed by atoms with Gasteiger partial charge in [0.05, 0.1) is 6.10 Å². The van der Waals surface area contributed by atoms with Gasteiger partial charge in [-0.25, -0.2) is 0 Å². The van der Waals surface area contributed by atoms with Crippen LogP contribution in [0.4, 0.5) is 0 Å². The van der Waals surface area contributed by atoms with Crippen molar-refractivity contribution in [2.45, 2.75) is 19.4 Å². The summed E-state index contributed by atoms with van der Waals surface area (Å²) in [5.74, 6) is 0.348. The van der Waals surface area contributed by atoms with Crippen LogP contribution >= 0.6 is 11.6 Å². The molecule has 0 spiro atoms. The first-order valence-electron chi connectivity index (χ1n) is 6.71. The number of aliphatic hydroxyl groups is 1. The fraction of sp³-hybridized carbons (Fsp3) is 0.400. The Labute approximate surface area is 121 Å². The number of hydrogen-bond acceptors (Lipinski definition) is 3. The van der Waals surface area contributed by atoms with Crippen molar-refractivity contribution >= 4 is 28.5 Å². The van der Waals surface area contributed by atoms with E-state index in [-0.39, 0.29) is 11.8 Å². The van der Waals surface area contributed by atoms with Crippen LogP contribution in [0, 0.1) is 5.92 Å². The number of carbonyl (C=O) groups is 1. The van der Waals surface area contributed by atoms with Crippen molar-refractivity contribution in [3.8, 4) is 0 Å². The Morgan fingerprint density at radius 3 is 3.00 bits per heavy atom. The Morgan fingerprint density at radius 2 is 2.25 bits per heavy atom. The number of amides is 1. The number of rotatable bonds is 1. The highest BCUT2D eigenvalue weighted by molar-refractivity contribution is 6.31. The minimum absolute atomic E-state index is 0.178. The molecule has 5 heteroatoms. The molecule has 2 atom stereocenters. The number of likely N-dealkylation sites (tertiary alicyclic amines) is 1. The van der Waals surface area contributed by atoms with Gasteiger partial charge in [0.15, 0.2) is 5.76 Å². The van der Waals surface area contributed by atoms with Crippen LogP contribution in [0.5, 0.6) is 0 Å². The molecule has 4 nitrogen and oxygen atoms in total. The number of aliphatic hydroxyl groups excluding tert-OH is 1. The number of furan rings is 1. The maximum atomic E-state index is 12.4. The largest absolute Gasteiger partial charge is 0.451 e. The Hall–Kier alpha value is -1.52. The third-order valence-corrected chi connectivity index (χ3v) is 4.13. The van der Waals surface area contributed by atoms with Gasteiger partial charge in [0.25, 0.3) is 5.91 Å². The lowest BCUT2D eigenvalue weighted by Crippen LogP contribution is -2.45. The van der Waals surface area contributed by atoms with Gasteiger partial charge in [-0.15, -0.1) is 0 Å². The van der Waals surface area contributed by atoms with E-state index >= 15 is 0 Å². The first-order chi connectivity index (χ1) is 9.54. The molecule has 1 amide bonds. The monoisotopic (exact) mass is 293 g/mol. The lowest BCUT2D eigenvalue weighted by molar-refractivity contribution is 0.0232. The Balaban J connectivity index is 1.85. The van der Waals surface area contributed by atoms with Crippen molar-refractivity contribution in [2.75, 3.05) is 13.1 Å². The number of hydrogen-bond donors (Lipinski definition) is 1. The van der Waals surface area contributed by atoms with Gasteiger partial charge in [0, 0.05) is 23.5 Å². The zero-order valence-corrected chi connectivity index (χ0v) is 11.9. The van der Waals surface area contributed by atoms with Crippen molar-refractivity contribution in [3.05, 3.63) is 35.0 Å². The van der Waals surface area contributed by atoms with Crippen LogP contribution in [0.2, 0.25) is 5.02 Å². The highest BCUT2D eigenvalue weighted by atomic mass is 35.5. The van der Waals surface area contributed by atoms with Crippen molar-refractivity contribution in [2.24, 2.45) is 5.92 Å². The van der Waals surface area contributed by atoms with Crippen LogP contribution < -0.4 is 0 Å². The third-order valence-electron chi connectivity index (χ3n) is 3.89. The zero-order chi connectivity index (χ0) is 14.3. The molecule has 3 rings (SSSR count). The van der Waals surface area contributed by atoms with Crippen molar-refractivity contribution in [1.82, 2.24) is 4.90 Å². The first kappa shape index (κ1) is 13.5. The van der Waals surface area contributed by atoms with E-state index in [0.717, 1.165) is 11.8 Å². The highest BCUT2D eigenvalue weighted by Gasteiger charge is 2.29. The average Bonchev–Trinajstić information content (AvgIpc) is 2.84. The van der Waals surface area contributed by atoms with Crippen molar-refractivity contribution < 1.29 is 14.3 Å². The summed E-state index contributed by atoms with van der Waals surface area (Å²) < 4.78 is 5.57. The molecule has 2 aromatic rings. The maximum absolute atomic E-state index is 12.4. The fourth-order valence-electron chi connectivity index (χ4n) is 2.51. The topological polar surface area (TPSA) is 53.7 Å². The van der Waals surface area contributed by atoms with Crippen molar-refractivity contribution in [3.63, 3.8) is 0 Å². The van der Waals surface area contributed by atoms with E-state index in [1.165, 1.54) is 0 Å². The standard InChI is InChI=1S/C15H16ClNO3/c1-9-4-5-17(8-12(9)18)15(19)14-7-10-6-11(16)2-3-13(10)20-14/h2-3,6-7,9,12,18H,4-5,8H2,1H3. The molecule has 1 aliphatic heterocycles. The molecule has 20 heavy (non-hydrogen) atoms. The SMILES string of the molecule is CC1CCN(C(=O)c2cc3cc(Cl)ccc3o2)CC1O. The van der Waals surface area contributed by atoms with Gasteiger partial charge in [-0.3, -0.25) is 4.79 Å². The van der Waals surface area contributed by atoms with Crippen LogP contribution in [0.25, 0.3) is 11.0 Å². The number of β-amino-alcohol motifs (C(OH)–C–C–N with tert-alkyl or cyclic N) is 1. The molecule has 0 aliphatic carbocycles. The van der Waals surface area contributed by atoms with Crippen LogP contribution in [0.15, 0.2) is 28.7 Å². The molecular weight excluding hydrogens is 278 g/mol. The maximum Gasteiger partial charge on any atom is 0.289 e. The Kier molecular flexibility index (Phi) is 3.44. The summed E-state index contributed by atoms with van der Waals surface area (Å²) in [6.07, 6.45) is 0.338. The molecule has 1 N–H and O–H groups in total. The number of halogens is 1. The highest BCUT2D eigenvalue weighted by Crippen LogP contribution is 2.25. The fourth-order valence-corrected chi connectivity index (χ4v) is 2.69. The lowest BCUT2D eigenvalue weighted by atomic mass is 9.96. The number of fused-ring (bicyclic) bond motifs is 1. The van der Waals surface area contributed by atoms with E-state index in [2.05, 4.69) is 0 Å². The molecule has 1 fully saturated rings. The average molecular weight is 294 g/mol. The molecule has 106 valence electrons. The summed E-state index contributed by atoms with van der Waals surface area (Å²) in [5.41, 5.74) is 0.642. The summed E-state index contributed by atoms with van der Waals surface area (Å²) in [5, 5.41) is 11.3. The molecule has 1 saturated heterocycles. The zero-order valence-electron chi connectivity index (χ0n) is 11.2. The van der Waals surface area contributed by atoms with E-state index in [0.29, 0.717) is 29.5 Å². The van der Waals surface area contributed by atoms with Crippen molar-refractivity contribution in [1.29, 1.82) is 0 Å². The van der Waals surface area contributed by atoms with Gasteiger partial charge in [-0.05, 0) is 36.6 Å². The predicted octanol–water partition coefficient (Wildman–Crippen LogP) is 2.93. The molecule has 2 unspecified atom stereocenters. The normalized spacial score (nSPS) is 23.2. The molecule has 1 aliphatic rings. The third kappa shape index (κ3) is 2.41. The second kappa shape index (κ2) is 5.11. The summed E-state index contributed by atoms with van der Waals surface area (Å²) in [6, 6.07) is 6.95. The number of nitrogens with zero attached hydrogens (tertiary/aromatic N) is 1. The van der Waals surface area contributed by atoms with E-state index in [9.17, 15) is 9.90 Å². The minimum Gasteiger partial charge on any atom is -0.451 e. The van der Waals surface area contributed by atoms with Crippen LogP contribution in [-0.2, 0) is 0 Å². The summed E-state index contributed by atoms with van der Waals surface area (Å²) in [4.78, 5) is 14.0. The Morgan fingerprint density at radius 1 is 1.45 bits per heavy atom. The summed E-state index contributed by atoms with van der Waals surface area (Å²) >= 11 is 5.92. The van der Waals surface area contributed by atoms with Gasteiger partial charge >= 0.3 is 0 Å². The van der Waals surface area contributed by atoms with Gasteiger partial charge < -0.3 is 14.4 Å². The minimum atomic E-state index is -0.466. The van der Waals surface area contributed by atoms with Crippen LogP contribution in [0.1, 0.15) is 23.9 Å². The molecule has 1 aromatic heterocycles. The Bertz CT molecular complexity index is 652. The van der Waals surface area contributed by atoms with Gasteiger partial charge in [-0.2, -0.15) is 0 Å². The van der Waals surface area contributed by atoms with E-state index < -0.39 is 6.10 Å². The smallest absolute Gasteiger partial charge is 0.289 e. The molecule has 2 heterocycles. The van der Waals surface area contributed by atoms with Crippen LogP contribution in [0.3, 0.4) is 0 Å². The van der Waals surface area contributed by atoms with Gasteiger partial charge in [0.2, 0.25) is 0 Å². The van der Waals surface area contributed by atoms with E-state index in [1.807, 2.05) is 6.92 Å². The second-order valence-electron chi connectivity index (χ2n) is 5.38. The summed E-state index contributed by atoms with van der Waals surface area (Å²) in [6.45, 7) is 3.00. The lowest BCUT2D eigenvalue weighted by Gasteiger charge is -2.33. The molecule has 0 bridgehead atoms. The second-order valence-corrected chi connectivity index (χ2v) is 5.81.